The third-order valence-corrected chi connectivity index (χ3v) is 2.85. The molecule has 1 aromatic rings. The van der Waals surface area contributed by atoms with Crippen LogP contribution >= 0.6 is 0 Å². The predicted molar refractivity (Wildman–Crippen MR) is 66.1 cm³/mol. The number of hydrogen-bond donors (Lipinski definition) is 2. The largest absolute Gasteiger partial charge is 0.320 e. The van der Waals surface area contributed by atoms with E-state index in [0.29, 0.717) is 11.6 Å². The summed E-state index contributed by atoms with van der Waals surface area (Å²) in [6, 6.07) is 5.65. The van der Waals surface area contributed by atoms with E-state index >= 15 is 0 Å². The Morgan fingerprint density at radius 2 is 2.06 bits per heavy atom. The van der Waals surface area contributed by atoms with Crippen LogP contribution in [0, 0.1) is 12.7 Å². The number of hydrogen-bond acceptors (Lipinski definition) is 2. The van der Waals surface area contributed by atoms with E-state index in [1.807, 2.05) is 26.2 Å². The molecule has 1 unspecified atom stereocenters. The minimum atomic E-state index is -0.131. The zero-order valence-electron chi connectivity index (χ0n) is 10.3. The van der Waals surface area contributed by atoms with Crippen LogP contribution in [-0.2, 0) is 0 Å². The predicted octanol–water partition coefficient (Wildman–Crippen LogP) is 2.39. The van der Waals surface area contributed by atoms with Crippen molar-refractivity contribution in [3.05, 3.63) is 35.1 Å². The van der Waals surface area contributed by atoms with Crippen LogP contribution in [0.3, 0.4) is 0 Å². The van der Waals surface area contributed by atoms with Crippen molar-refractivity contribution in [1.29, 1.82) is 0 Å². The first-order valence-electron chi connectivity index (χ1n) is 5.77. The fourth-order valence-electron chi connectivity index (χ4n) is 1.85. The van der Waals surface area contributed by atoms with Crippen LogP contribution in [0.25, 0.3) is 0 Å². The molecule has 0 radical (unpaired) electrons. The van der Waals surface area contributed by atoms with Gasteiger partial charge in [-0.25, -0.2) is 4.39 Å². The maximum Gasteiger partial charge on any atom is 0.126 e. The van der Waals surface area contributed by atoms with Gasteiger partial charge in [-0.2, -0.15) is 0 Å². The molecule has 2 nitrogen and oxygen atoms in total. The molecule has 0 aliphatic rings. The summed E-state index contributed by atoms with van der Waals surface area (Å²) < 4.78 is 13.1. The second kappa shape index (κ2) is 6.61. The fraction of sp³-hybridized carbons (Fsp3) is 0.538. The van der Waals surface area contributed by atoms with Gasteiger partial charge in [0.1, 0.15) is 5.82 Å². The highest BCUT2D eigenvalue weighted by molar-refractivity contribution is 5.26. The zero-order chi connectivity index (χ0) is 12.0. The first-order chi connectivity index (χ1) is 7.69. The van der Waals surface area contributed by atoms with Crippen molar-refractivity contribution in [2.75, 3.05) is 20.6 Å². The van der Waals surface area contributed by atoms with Crippen LogP contribution in [0.1, 0.15) is 30.0 Å². The molecule has 2 N–H and O–H groups in total. The third kappa shape index (κ3) is 3.58. The fourth-order valence-corrected chi connectivity index (χ4v) is 1.85. The lowest BCUT2D eigenvalue weighted by Crippen LogP contribution is -2.18. The quantitative estimate of drug-likeness (QED) is 0.725. The molecule has 1 aromatic carbocycles. The molecule has 16 heavy (non-hydrogen) atoms. The summed E-state index contributed by atoms with van der Waals surface area (Å²) in [7, 11) is 3.90. The van der Waals surface area contributed by atoms with Crippen molar-refractivity contribution >= 4 is 0 Å². The second-order valence-corrected chi connectivity index (χ2v) is 4.10. The van der Waals surface area contributed by atoms with Crippen molar-refractivity contribution in [1.82, 2.24) is 10.6 Å². The molecule has 0 spiro atoms. The van der Waals surface area contributed by atoms with Crippen LogP contribution in [-0.4, -0.2) is 20.6 Å². The van der Waals surface area contributed by atoms with E-state index in [1.165, 1.54) is 0 Å². The second-order valence-electron chi connectivity index (χ2n) is 4.10. The minimum Gasteiger partial charge on any atom is -0.320 e. The summed E-state index contributed by atoms with van der Waals surface area (Å²) in [5, 5.41) is 6.41. The highest BCUT2D eigenvalue weighted by Crippen LogP contribution is 2.20. The Kier molecular flexibility index (Phi) is 5.43. The molecule has 3 heteroatoms. The molecule has 0 aromatic heterocycles. The summed E-state index contributed by atoms with van der Waals surface area (Å²) in [6.45, 7) is 2.82. The first-order valence-corrected chi connectivity index (χ1v) is 5.77. The smallest absolute Gasteiger partial charge is 0.126 e. The van der Waals surface area contributed by atoms with Crippen LogP contribution in [0.2, 0.25) is 0 Å². The molecular formula is C13H21FN2. The number of benzene rings is 1. The normalized spacial score (nSPS) is 12.8. The van der Waals surface area contributed by atoms with Crippen LogP contribution < -0.4 is 10.6 Å². The molecular weight excluding hydrogens is 203 g/mol. The molecule has 0 saturated carbocycles. The highest BCUT2D eigenvalue weighted by Gasteiger charge is 2.09. The zero-order valence-corrected chi connectivity index (χ0v) is 10.3. The van der Waals surface area contributed by atoms with E-state index < -0.39 is 0 Å². The molecule has 1 atom stereocenters. The van der Waals surface area contributed by atoms with Crippen molar-refractivity contribution in [3.63, 3.8) is 0 Å². The van der Waals surface area contributed by atoms with Gasteiger partial charge >= 0.3 is 0 Å². The molecule has 90 valence electrons. The molecule has 0 fully saturated rings. The minimum absolute atomic E-state index is 0.131. The van der Waals surface area contributed by atoms with Gasteiger partial charge in [-0.3, -0.25) is 0 Å². The number of rotatable bonds is 6. The number of halogens is 1. The van der Waals surface area contributed by atoms with Crippen molar-refractivity contribution in [2.24, 2.45) is 0 Å². The SMILES string of the molecule is CNCCCC(NC)c1ccc(F)c(C)c1. The van der Waals surface area contributed by atoms with Gasteiger partial charge in [0.2, 0.25) is 0 Å². The van der Waals surface area contributed by atoms with E-state index in [4.69, 9.17) is 0 Å². The maximum absolute atomic E-state index is 13.1. The van der Waals surface area contributed by atoms with Crippen LogP contribution in [0.4, 0.5) is 4.39 Å². The molecule has 0 saturated heterocycles. The van der Waals surface area contributed by atoms with Gasteiger partial charge in [-0.05, 0) is 57.6 Å². The lowest BCUT2D eigenvalue weighted by atomic mass is 10.00. The van der Waals surface area contributed by atoms with Gasteiger partial charge in [0, 0.05) is 6.04 Å². The summed E-state index contributed by atoms with van der Waals surface area (Å²) in [4.78, 5) is 0. The van der Waals surface area contributed by atoms with Crippen molar-refractivity contribution < 1.29 is 4.39 Å². The maximum atomic E-state index is 13.1. The van der Waals surface area contributed by atoms with Crippen LogP contribution in [0.5, 0.6) is 0 Å². The van der Waals surface area contributed by atoms with Gasteiger partial charge in [0.05, 0.1) is 0 Å². The Balaban J connectivity index is 2.67. The summed E-state index contributed by atoms with van der Waals surface area (Å²) in [5.74, 6) is -0.131. The highest BCUT2D eigenvalue weighted by atomic mass is 19.1. The summed E-state index contributed by atoms with van der Waals surface area (Å²) in [5.41, 5.74) is 1.88. The lowest BCUT2D eigenvalue weighted by Gasteiger charge is -2.17. The topological polar surface area (TPSA) is 24.1 Å². The average molecular weight is 224 g/mol. The molecule has 1 rings (SSSR count). The summed E-state index contributed by atoms with van der Waals surface area (Å²) in [6.07, 6.45) is 2.17. The Bertz CT molecular complexity index is 326. The van der Waals surface area contributed by atoms with Crippen LogP contribution in [0.15, 0.2) is 18.2 Å². The Hall–Kier alpha value is -0.930. The monoisotopic (exact) mass is 224 g/mol. The standard InChI is InChI=1S/C13H21FN2/c1-10-9-11(6-7-12(10)14)13(16-3)5-4-8-15-2/h6-7,9,13,15-16H,4-5,8H2,1-3H3. The van der Waals surface area contributed by atoms with E-state index in [2.05, 4.69) is 10.6 Å². The Morgan fingerprint density at radius 1 is 1.31 bits per heavy atom. The third-order valence-electron chi connectivity index (χ3n) is 2.85. The van der Waals surface area contributed by atoms with Gasteiger partial charge in [-0.15, -0.1) is 0 Å². The lowest BCUT2D eigenvalue weighted by molar-refractivity contribution is 0.516. The van der Waals surface area contributed by atoms with Gasteiger partial charge in [0.15, 0.2) is 0 Å². The molecule has 0 heterocycles. The summed E-state index contributed by atoms with van der Waals surface area (Å²) >= 11 is 0. The molecule has 0 aliphatic carbocycles. The van der Waals surface area contributed by atoms with Crippen molar-refractivity contribution in [2.45, 2.75) is 25.8 Å². The number of nitrogens with one attached hydrogen (secondary N) is 2. The van der Waals surface area contributed by atoms with Crippen molar-refractivity contribution in [3.8, 4) is 0 Å². The molecule has 0 aliphatic heterocycles. The van der Waals surface area contributed by atoms with E-state index in [0.717, 1.165) is 24.9 Å². The molecule has 0 amide bonds. The van der Waals surface area contributed by atoms with E-state index in [9.17, 15) is 4.39 Å². The number of aryl methyl sites for hydroxylation is 1. The Labute approximate surface area is 97.3 Å². The van der Waals surface area contributed by atoms with Gasteiger partial charge in [0.25, 0.3) is 0 Å². The first kappa shape index (κ1) is 13.1. The van der Waals surface area contributed by atoms with E-state index in [-0.39, 0.29) is 5.82 Å². The van der Waals surface area contributed by atoms with E-state index in [1.54, 1.807) is 13.0 Å². The Morgan fingerprint density at radius 3 is 2.62 bits per heavy atom. The average Bonchev–Trinajstić information content (AvgIpc) is 2.29. The van der Waals surface area contributed by atoms with Gasteiger partial charge < -0.3 is 10.6 Å². The van der Waals surface area contributed by atoms with Gasteiger partial charge in [-0.1, -0.05) is 12.1 Å². The molecule has 0 bridgehead atoms.